The number of carbonyl (C=O) groups is 1. The van der Waals surface area contributed by atoms with Gasteiger partial charge >= 0.3 is 0 Å². The summed E-state index contributed by atoms with van der Waals surface area (Å²) >= 11 is 6.31. The highest BCUT2D eigenvalue weighted by Gasteiger charge is 2.21. The van der Waals surface area contributed by atoms with E-state index >= 15 is 0 Å². The van der Waals surface area contributed by atoms with E-state index in [-0.39, 0.29) is 11.8 Å². The Hall–Kier alpha value is -2.33. The summed E-state index contributed by atoms with van der Waals surface area (Å²) in [5.41, 5.74) is 2.63. The number of rotatable bonds is 6. The van der Waals surface area contributed by atoms with Crippen LogP contribution in [0, 0.1) is 5.92 Å². The van der Waals surface area contributed by atoms with Crippen LogP contribution in [0.4, 0.5) is 17.2 Å². The van der Waals surface area contributed by atoms with Gasteiger partial charge in [0, 0.05) is 23.5 Å². The molecule has 0 radical (unpaired) electrons. The molecule has 1 saturated carbocycles. The zero-order chi connectivity index (χ0) is 18.4. The maximum atomic E-state index is 12.4. The Morgan fingerprint density at radius 3 is 2.73 bits per heavy atom. The molecule has 1 aliphatic carbocycles. The van der Waals surface area contributed by atoms with Crippen molar-refractivity contribution in [3.63, 3.8) is 0 Å². The van der Waals surface area contributed by atoms with E-state index in [9.17, 15) is 4.79 Å². The van der Waals surface area contributed by atoms with Gasteiger partial charge in [-0.15, -0.1) is 6.58 Å². The van der Waals surface area contributed by atoms with E-state index in [1.807, 2.05) is 36.4 Å². The minimum absolute atomic E-state index is 0.117. The number of allylic oxidation sites excluding steroid dienone is 1. The molecular formula is C21H24ClN3O. The van der Waals surface area contributed by atoms with Crippen molar-refractivity contribution < 1.29 is 4.79 Å². The van der Waals surface area contributed by atoms with Gasteiger partial charge in [0.15, 0.2) is 0 Å². The number of aromatic nitrogens is 1. The molecule has 1 aromatic carbocycles. The minimum atomic E-state index is 0.117. The number of anilines is 3. The molecule has 0 unspecified atom stereocenters. The summed E-state index contributed by atoms with van der Waals surface area (Å²) in [6, 6.07) is 9.50. The van der Waals surface area contributed by atoms with E-state index in [2.05, 4.69) is 22.2 Å². The van der Waals surface area contributed by atoms with E-state index in [0.29, 0.717) is 10.8 Å². The molecule has 2 aromatic rings. The molecule has 136 valence electrons. The number of nitrogens with zero attached hydrogens (tertiary/aromatic N) is 1. The van der Waals surface area contributed by atoms with E-state index in [0.717, 1.165) is 49.0 Å². The number of amides is 1. The first-order valence-corrected chi connectivity index (χ1v) is 9.47. The van der Waals surface area contributed by atoms with Crippen LogP contribution in [0.25, 0.3) is 0 Å². The summed E-state index contributed by atoms with van der Waals surface area (Å²) in [6.45, 7) is 3.72. The van der Waals surface area contributed by atoms with Gasteiger partial charge in [0.1, 0.15) is 5.82 Å². The van der Waals surface area contributed by atoms with Crippen LogP contribution in [0.3, 0.4) is 0 Å². The molecular weight excluding hydrogens is 346 g/mol. The summed E-state index contributed by atoms with van der Waals surface area (Å²) in [4.78, 5) is 16.8. The fourth-order valence-electron chi connectivity index (χ4n) is 3.27. The molecule has 0 aliphatic heterocycles. The Labute approximate surface area is 159 Å². The fraction of sp³-hybridized carbons (Fsp3) is 0.333. The summed E-state index contributed by atoms with van der Waals surface area (Å²) in [7, 11) is 0. The van der Waals surface area contributed by atoms with Gasteiger partial charge in [-0.2, -0.15) is 0 Å². The Balaban J connectivity index is 1.67. The highest BCUT2D eigenvalue weighted by Crippen LogP contribution is 2.27. The van der Waals surface area contributed by atoms with Crippen LogP contribution >= 0.6 is 11.6 Å². The largest absolute Gasteiger partial charge is 0.339 e. The molecule has 0 saturated heterocycles. The van der Waals surface area contributed by atoms with Crippen LogP contribution in [0.15, 0.2) is 49.2 Å². The molecule has 1 fully saturated rings. The molecule has 1 aliphatic rings. The number of halogens is 1. The number of pyridine rings is 1. The number of hydrogen-bond acceptors (Lipinski definition) is 3. The molecule has 5 heteroatoms. The van der Waals surface area contributed by atoms with E-state index in [1.165, 1.54) is 6.42 Å². The lowest BCUT2D eigenvalue weighted by molar-refractivity contribution is -0.120. The highest BCUT2D eigenvalue weighted by molar-refractivity contribution is 6.33. The average molecular weight is 370 g/mol. The number of carbonyl (C=O) groups excluding carboxylic acids is 1. The van der Waals surface area contributed by atoms with Gasteiger partial charge in [0.05, 0.1) is 5.02 Å². The van der Waals surface area contributed by atoms with Crippen LogP contribution in [0.1, 0.15) is 37.7 Å². The summed E-state index contributed by atoms with van der Waals surface area (Å²) in [5.74, 6) is 0.843. The first kappa shape index (κ1) is 18.5. The Kier molecular flexibility index (Phi) is 6.29. The lowest BCUT2D eigenvalue weighted by Gasteiger charge is -2.21. The third-order valence-corrected chi connectivity index (χ3v) is 4.93. The summed E-state index contributed by atoms with van der Waals surface area (Å²) in [5, 5.41) is 6.81. The SMILES string of the molecule is C=CCc1cnc(Nc2cccc(NC(=O)C3CCCCC3)c2)c(Cl)c1. The maximum absolute atomic E-state index is 12.4. The first-order valence-electron chi connectivity index (χ1n) is 9.09. The van der Waals surface area contributed by atoms with Gasteiger partial charge in [-0.25, -0.2) is 4.98 Å². The Bertz CT molecular complexity index is 785. The van der Waals surface area contributed by atoms with Crippen LogP contribution < -0.4 is 10.6 Å². The third kappa shape index (κ3) is 4.85. The van der Waals surface area contributed by atoms with Gasteiger partial charge in [-0.3, -0.25) is 4.79 Å². The van der Waals surface area contributed by atoms with Crippen molar-refractivity contribution in [2.24, 2.45) is 5.92 Å². The third-order valence-electron chi connectivity index (χ3n) is 4.65. The van der Waals surface area contributed by atoms with E-state index in [1.54, 1.807) is 6.20 Å². The van der Waals surface area contributed by atoms with Crippen LogP contribution in [-0.4, -0.2) is 10.9 Å². The van der Waals surface area contributed by atoms with Crippen molar-refractivity contribution in [1.29, 1.82) is 0 Å². The van der Waals surface area contributed by atoms with E-state index in [4.69, 9.17) is 11.6 Å². The van der Waals surface area contributed by atoms with Crippen molar-refractivity contribution in [1.82, 2.24) is 4.98 Å². The zero-order valence-corrected chi connectivity index (χ0v) is 15.6. The molecule has 26 heavy (non-hydrogen) atoms. The van der Waals surface area contributed by atoms with Crippen molar-refractivity contribution >= 4 is 34.7 Å². The second kappa shape index (κ2) is 8.86. The normalized spacial score (nSPS) is 14.7. The smallest absolute Gasteiger partial charge is 0.227 e. The monoisotopic (exact) mass is 369 g/mol. The zero-order valence-electron chi connectivity index (χ0n) is 14.8. The fourth-order valence-corrected chi connectivity index (χ4v) is 3.50. The number of hydrogen-bond donors (Lipinski definition) is 2. The molecule has 3 rings (SSSR count). The Morgan fingerprint density at radius 2 is 2.00 bits per heavy atom. The second-order valence-corrected chi connectivity index (χ2v) is 7.10. The van der Waals surface area contributed by atoms with Crippen LogP contribution in [-0.2, 0) is 11.2 Å². The standard InChI is InChI=1S/C21H24ClN3O/c1-2-7-15-12-19(22)20(23-14-15)24-17-10-6-11-18(13-17)25-21(26)16-8-4-3-5-9-16/h2,6,10-14,16H,1,3-5,7-9H2,(H,23,24)(H,25,26). The minimum Gasteiger partial charge on any atom is -0.339 e. The van der Waals surface area contributed by atoms with Gasteiger partial charge in [-0.05, 0) is 49.1 Å². The molecule has 1 aromatic heterocycles. The molecule has 2 N–H and O–H groups in total. The molecule has 1 heterocycles. The van der Waals surface area contributed by atoms with Crippen LogP contribution in [0.2, 0.25) is 5.02 Å². The van der Waals surface area contributed by atoms with Gasteiger partial charge in [-0.1, -0.05) is 43.0 Å². The van der Waals surface area contributed by atoms with Gasteiger partial charge < -0.3 is 10.6 Å². The lowest BCUT2D eigenvalue weighted by atomic mass is 9.88. The van der Waals surface area contributed by atoms with Crippen molar-refractivity contribution in [3.05, 3.63) is 59.8 Å². The number of benzene rings is 1. The Morgan fingerprint density at radius 1 is 1.23 bits per heavy atom. The maximum Gasteiger partial charge on any atom is 0.227 e. The van der Waals surface area contributed by atoms with Crippen molar-refractivity contribution in [3.8, 4) is 0 Å². The second-order valence-electron chi connectivity index (χ2n) is 6.70. The average Bonchev–Trinajstić information content (AvgIpc) is 2.65. The topological polar surface area (TPSA) is 54.0 Å². The predicted molar refractivity (Wildman–Crippen MR) is 108 cm³/mol. The summed E-state index contributed by atoms with van der Waals surface area (Å²) in [6.07, 6.45) is 9.83. The van der Waals surface area contributed by atoms with Gasteiger partial charge in [0.25, 0.3) is 0 Å². The highest BCUT2D eigenvalue weighted by atomic mass is 35.5. The molecule has 0 spiro atoms. The van der Waals surface area contributed by atoms with Crippen molar-refractivity contribution in [2.45, 2.75) is 38.5 Å². The quantitative estimate of drug-likeness (QED) is 0.639. The first-order chi connectivity index (χ1) is 12.7. The predicted octanol–water partition coefficient (Wildman–Crippen LogP) is 5.73. The molecule has 1 amide bonds. The van der Waals surface area contributed by atoms with Crippen molar-refractivity contribution in [2.75, 3.05) is 10.6 Å². The molecule has 4 nitrogen and oxygen atoms in total. The molecule has 0 bridgehead atoms. The van der Waals surface area contributed by atoms with Crippen LogP contribution in [0.5, 0.6) is 0 Å². The number of nitrogens with one attached hydrogen (secondary N) is 2. The summed E-state index contributed by atoms with van der Waals surface area (Å²) < 4.78 is 0. The van der Waals surface area contributed by atoms with Gasteiger partial charge in [0.2, 0.25) is 5.91 Å². The molecule has 0 atom stereocenters. The lowest BCUT2D eigenvalue weighted by Crippen LogP contribution is -2.24. The van der Waals surface area contributed by atoms with E-state index < -0.39 is 0 Å².